The van der Waals surface area contributed by atoms with Gasteiger partial charge in [-0.3, -0.25) is 9.69 Å². The van der Waals surface area contributed by atoms with E-state index in [1.807, 2.05) is 37.8 Å². The molecule has 160 valence electrons. The molecule has 31 heavy (non-hydrogen) atoms. The summed E-state index contributed by atoms with van der Waals surface area (Å²) in [7, 11) is 0. The number of aromatic nitrogens is 1. The van der Waals surface area contributed by atoms with E-state index in [-0.39, 0.29) is 5.91 Å². The van der Waals surface area contributed by atoms with Crippen molar-refractivity contribution in [2.45, 2.75) is 32.7 Å². The van der Waals surface area contributed by atoms with E-state index in [0.29, 0.717) is 34.9 Å². The van der Waals surface area contributed by atoms with Crippen molar-refractivity contribution in [2.75, 3.05) is 29.6 Å². The minimum atomic E-state index is -0.880. The number of carbonyl (C=O) groups is 1. The molecule has 1 unspecified atom stereocenters. The standard InChI is InChI=1S/C23H24N4O3S/c1-15-11-17(5-7-19(15)24-4)26-21(28)23(2,3)27(22(26)31)18-6-8-20(25-12-18)30-14-16-9-10-29-13-16/h5-8,11-12,16H,9-10,13-14H2,1-3H3. The van der Waals surface area contributed by atoms with Crippen molar-refractivity contribution in [3.05, 3.63) is 53.5 Å². The number of amides is 1. The maximum Gasteiger partial charge on any atom is 0.259 e. The molecule has 4 rings (SSSR count). The van der Waals surface area contributed by atoms with Crippen molar-refractivity contribution in [1.29, 1.82) is 0 Å². The lowest BCUT2D eigenvalue weighted by Crippen LogP contribution is -2.44. The Kier molecular flexibility index (Phi) is 5.65. The molecule has 8 heteroatoms. The van der Waals surface area contributed by atoms with Gasteiger partial charge in [0, 0.05) is 24.3 Å². The van der Waals surface area contributed by atoms with Gasteiger partial charge in [-0.15, -0.1) is 0 Å². The summed E-state index contributed by atoms with van der Waals surface area (Å²) in [5.74, 6) is 0.802. The summed E-state index contributed by atoms with van der Waals surface area (Å²) in [6.45, 7) is 14.8. The van der Waals surface area contributed by atoms with Gasteiger partial charge in [0.2, 0.25) is 5.88 Å². The first kappa shape index (κ1) is 21.2. The Bertz CT molecular complexity index is 1060. The predicted molar refractivity (Wildman–Crippen MR) is 123 cm³/mol. The summed E-state index contributed by atoms with van der Waals surface area (Å²) in [6.07, 6.45) is 2.68. The van der Waals surface area contributed by atoms with E-state index >= 15 is 0 Å². The van der Waals surface area contributed by atoms with E-state index in [1.54, 1.807) is 24.4 Å². The number of anilines is 2. The second-order valence-electron chi connectivity index (χ2n) is 8.30. The number of nitrogens with zero attached hydrogens (tertiary/aromatic N) is 4. The van der Waals surface area contributed by atoms with Gasteiger partial charge < -0.3 is 14.4 Å². The quantitative estimate of drug-likeness (QED) is 0.515. The van der Waals surface area contributed by atoms with Crippen LogP contribution in [0.4, 0.5) is 17.1 Å². The van der Waals surface area contributed by atoms with Gasteiger partial charge in [0.25, 0.3) is 5.91 Å². The van der Waals surface area contributed by atoms with Crippen LogP contribution in [0.1, 0.15) is 25.8 Å². The Labute approximate surface area is 187 Å². The van der Waals surface area contributed by atoms with E-state index in [2.05, 4.69) is 9.83 Å². The lowest BCUT2D eigenvalue weighted by Gasteiger charge is -2.29. The first-order valence-corrected chi connectivity index (χ1v) is 10.6. The summed E-state index contributed by atoms with van der Waals surface area (Å²) < 4.78 is 11.2. The zero-order valence-corrected chi connectivity index (χ0v) is 18.6. The molecule has 1 aromatic heterocycles. The smallest absolute Gasteiger partial charge is 0.259 e. The third-order valence-corrected chi connectivity index (χ3v) is 6.06. The maximum atomic E-state index is 13.3. The number of ether oxygens (including phenoxy) is 2. The van der Waals surface area contributed by atoms with Crippen molar-refractivity contribution < 1.29 is 14.3 Å². The first-order valence-electron chi connectivity index (χ1n) is 10.2. The van der Waals surface area contributed by atoms with Gasteiger partial charge in [-0.05, 0) is 63.2 Å². The van der Waals surface area contributed by atoms with Gasteiger partial charge in [0.1, 0.15) is 5.54 Å². The van der Waals surface area contributed by atoms with E-state index in [9.17, 15) is 4.79 Å². The van der Waals surface area contributed by atoms with Crippen LogP contribution in [0.15, 0.2) is 36.5 Å². The molecular weight excluding hydrogens is 412 g/mol. The molecule has 0 bridgehead atoms. The van der Waals surface area contributed by atoms with Crippen LogP contribution in [-0.4, -0.2) is 41.4 Å². The lowest BCUT2D eigenvalue weighted by molar-refractivity contribution is -0.120. The third-order valence-electron chi connectivity index (χ3n) is 5.70. The Morgan fingerprint density at radius 2 is 2.10 bits per heavy atom. The molecule has 2 aliphatic rings. The normalized spacial score (nSPS) is 20.3. The fraction of sp³-hybridized carbons (Fsp3) is 0.391. The predicted octanol–water partition coefficient (Wildman–Crippen LogP) is 4.27. The highest BCUT2D eigenvalue weighted by Gasteiger charge is 2.50. The number of hydrogen-bond acceptors (Lipinski definition) is 5. The molecule has 2 aromatic rings. The number of pyridine rings is 1. The van der Waals surface area contributed by atoms with E-state index in [0.717, 1.165) is 30.9 Å². The van der Waals surface area contributed by atoms with E-state index in [1.165, 1.54) is 4.90 Å². The highest BCUT2D eigenvalue weighted by Crippen LogP contribution is 2.37. The molecule has 0 aliphatic carbocycles. The van der Waals surface area contributed by atoms with Gasteiger partial charge in [0.05, 0.1) is 31.7 Å². The number of rotatable bonds is 5. The largest absolute Gasteiger partial charge is 0.477 e. The molecule has 7 nitrogen and oxygen atoms in total. The van der Waals surface area contributed by atoms with Crippen LogP contribution in [0, 0.1) is 19.4 Å². The molecular formula is C23H24N4O3S. The fourth-order valence-corrected chi connectivity index (χ4v) is 4.39. The Morgan fingerprint density at radius 3 is 2.71 bits per heavy atom. The molecule has 2 fully saturated rings. The van der Waals surface area contributed by atoms with Crippen molar-refractivity contribution in [3.8, 4) is 5.88 Å². The lowest BCUT2D eigenvalue weighted by atomic mass is 10.0. The summed E-state index contributed by atoms with van der Waals surface area (Å²) in [6, 6.07) is 8.95. The van der Waals surface area contributed by atoms with Crippen molar-refractivity contribution in [1.82, 2.24) is 4.98 Å². The van der Waals surface area contributed by atoms with Gasteiger partial charge in [-0.2, -0.15) is 0 Å². The summed E-state index contributed by atoms with van der Waals surface area (Å²) in [4.78, 5) is 24.5. The number of hydrogen-bond donors (Lipinski definition) is 0. The molecule has 0 N–H and O–H groups in total. The molecule has 0 spiro atoms. The summed E-state index contributed by atoms with van der Waals surface area (Å²) in [5.41, 5.74) is 1.85. The van der Waals surface area contributed by atoms with Gasteiger partial charge in [-0.25, -0.2) is 9.83 Å². The highest BCUT2D eigenvalue weighted by molar-refractivity contribution is 7.81. The second-order valence-corrected chi connectivity index (χ2v) is 8.66. The summed E-state index contributed by atoms with van der Waals surface area (Å²) >= 11 is 5.71. The van der Waals surface area contributed by atoms with Crippen LogP contribution in [0.5, 0.6) is 5.88 Å². The molecule has 3 heterocycles. The minimum Gasteiger partial charge on any atom is -0.477 e. The van der Waals surface area contributed by atoms with Crippen molar-refractivity contribution in [3.63, 3.8) is 0 Å². The van der Waals surface area contributed by atoms with E-state index < -0.39 is 5.54 Å². The van der Waals surface area contributed by atoms with Crippen LogP contribution >= 0.6 is 12.2 Å². The number of thiocarbonyl (C=S) groups is 1. The van der Waals surface area contributed by atoms with Crippen LogP contribution in [0.3, 0.4) is 0 Å². The number of carbonyl (C=O) groups excluding carboxylic acids is 1. The Hall–Kier alpha value is -3.02. The molecule has 2 saturated heterocycles. The Balaban J connectivity index is 1.56. The maximum absolute atomic E-state index is 13.3. The number of aryl methyl sites for hydroxylation is 1. The van der Waals surface area contributed by atoms with Crippen LogP contribution in [-0.2, 0) is 9.53 Å². The zero-order chi connectivity index (χ0) is 22.2. The third kappa shape index (κ3) is 3.87. The second kappa shape index (κ2) is 8.25. The SMILES string of the molecule is [C-]#[N+]c1ccc(N2C(=O)C(C)(C)N(c3ccc(OCC4CCOC4)nc3)C2=S)cc1C. The van der Waals surface area contributed by atoms with Gasteiger partial charge in [-0.1, -0.05) is 6.07 Å². The minimum absolute atomic E-state index is 0.131. The average Bonchev–Trinajstić information content (AvgIpc) is 3.32. The molecule has 0 radical (unpaired) electrons. The topological polar surface area (TPSA) is 59.3 Å². The molecule has 2 aliphatic heterocycles. The zero-order valence-electron chi connectivity index (χ0n) is 17.8. The van der Waals surface area contributed by atoms with Crippen LogP contribution in [0.2, 0.25) is 0 Å². The van der Waals surface area contributed by atoms with E-state index in [4.69, 9.17) is 28.3 Å². The highest BCUT2D eigenvalue weighted by atomic mass is 32.1. The monoisotopic (exact) mass is 436 g/mol. The fourth-order valence-electron chi connectivity index (χ4n) is 3.87. The van der Waals surface area contributed by atoms with Crippen molar-refractivity contribution in [2.24, 2.45) is 5.92 Å². The average molecular weight is 437 g/mol. The van der Waals surface area contributed by atoms with Gasteiger partial charge in [0.15, 0.2) is 10.8 Å². The molecule has 1 aromatic carbocycles. The summed E-state index contributed by atoms with van der Waals surface area (Å²) in [5, 5.41) is 0.378. The molecule has 1 atom stereocenters. The van der Waals surface area contributed by atoms with Crippen LogP contribution < -0.4 is 14.5 Å². The Morgan fingerprint density at radius 1 is 1.32 bits per heavy atom. The first-order chi connectivity index (χ1) is 14.8. The van der Waals surface area contributed by atoms with Crippen LogP contribution in [0.25, 0.3) is 4.85 Å². The molecule has 0 saturated carbocycles. The molecule has 1 amide bonds. The van der Waals surface area contributed by atoms with Gasteiger partial charge >= 0.3 is 0 Å². The van der Waals surface area contributed by atoms with Crippen molar-refractivity contribution >= 4 is 40.3 Å². The number of benzene rings is 1.